The molecule has 0 fully saturated rings. The van der Waals surface area contributed by atoms with Crippen molar-refractivity contribution in [1.29, 1.82) is 0 Å². The van der Waals surface area contributed by atoms with Crippen LogP contribution in [0.2, 0.25) is 0 Å². The van der Waals surface area contributed by atoms with E-state index in [0.717, 1.165) is 23.9 Å². The van der Waals surface area contributed by atoms with Gasteiger partial charge in [-0.15, -0.1) is 12.4 Å². The second kappa shape index (κ2) is 5.56. The van der Waals surface area contributed by atoms with E-state index in [1.165, 1.54) is 5.56 Å². The lowest BCUT2D eigenvalue weighted by Crippen LogP contribution is -2.25. The number of rotatable bonds is 1. The molecule has 0 aromatic heterocycles. The number of guanidine groups is 1. The van der Waals surface area contributed by atoms with E-state index in [0.29, 0.717) is 0 Å². The number of aliphatic imine (C=N–C) groups is 1. The molecule has 3 nitrogen and oxygen atoms in total. The standard InChI is InChI=1S/C14H13N3.ClH/c1-2-7-12(8-3-1)16-14-15-10-11-6-4-5-9-13(11)17-14;/h1-9H,10H2,(H2,15,16,17);1H. The molecule has 0 radical (unpaired) electrons. The van der Waals surface area contributed by atoms with Crippen LogP contribution in [-0.4, -0.2) is 5.96 Å². The van der Waals surface area contributed by atoms with Crippen LogP contribution < -0.4 is 10.6 Å². The first-order chi connectivity index (χ1) is 8.42. The highest BCUT2D eigenvalue weighted by molar-refractivity contribution is 6.04. The van der Waals surface area contributed by atoms with Gasteiger partial charge >= 0.3 is 0 Å². The van der Waals surface area contributed by atoms with E-state index in [1.54, 1.807) is 0 Å². The summed E-state index contributed by atoms with van der Waals surface area (Å²) in [7, 11) is 0. The number of halogens is 1. The van der Waals surface area contributed by atoms with E-state index in [-0.39, 0.29) is 12.4 Å². The summed E-state index contributed by atoms with van der Waals surface area (Å²) in [6.45, 7) is 0.721. The topological polar surface area (TPSA) is 36.4 Å². The van der Waals surface area contributed by atoms with Crippen LogP contribution in [0.25, 0.3) is 0 Å². The van der Waals surface area contributed by atoms with Gasteiger partial charge in [-0.25, -0.2) is 4.99 Å². The molecule has 2 aromatic rings. The predicted molar refractivity (Wildman–Crippen MR) is 78.5 cm³/mol. The molecule has 3 rings (SSSR count). The summed E-state index contributed by atoms with van der Waals surface area (Å²) < 4.78 is 0. The Balaban J connectivity index is 0.00000120. The van der Waals surface area contributed by atoms with Gasteiger partial charge in [-0.2, -0.15) is 0 Å². The molecule has 1 aliphatic heterocycles. The first kappa shape index (κ1) is 12.5. The van der Waals surface area contributed by atoms with Crippen molar-refractivity contribution in [3.05, 3.63) is 60.2 Å². The zero-order valence-electron chi connectivity index (χ0n) is 9.76. The van der Waals surface area contributed by atoms with Crippen LogP contribution in [0.5, 0.6) is 0 Å². The molecule has 0 amide bonds. The van der Waals surface area contributed by atoms with Crippen LogP contribution in [0.3, 0.4) is 0 Å². The highest BCUT2D eigenvalue weighted by Gasteiger charge is 2.10. The van der Waals surface area contributed by atoms with Crippen molar-refractivity contribution in [3.63, 3.8) is 0 Å². The number of anilines is 2. The Hall–Kier alpha value is -2.00. The normalized spacial score (nSPS) is 12.6. The Labute approximate surface area is 112 Å². The van der Waals surface area contributed by atoms with Crippen LogP contribution >= 0.6 is 12.4 Å². The Morgan fingerprint density at radius 1 is 0.944 bits per heavy atom. The van der Waals surface area contributed by atoms with Gasteiger partial charge in [0.15, 0.2) is 0 Å². The molecular weight excluding hydrogens is 246 g/mol. The van der Waals surface area contributed by atoms with Gasteiger partial charge in [0.2, 0.25) is 5.96 Å². The third-order valence-electron chi connectivity index (χ3n) is 2.71. The summed E-state index contributed by atoms with van der Waals surface area (Å²) in [5.41, 5.74) is 3.39. The summed E-state index contributed by atoms with van der Waals surface area (Å²) in [5.74, 6) is 0.801. The van der Waals surface area contributed by atoms with E-state index in [1.807, 2.05) is 42.5 Å². The molecule has 18 heavy (non-hydrogen) atoms. The average molecular weight is 260 g/mol. The van der Waals surface area contributed by atoms with Gasteiger partial charge in [0.25, 0.3) is 0 Å². The molecule has 2 N–H and O–H groups in total. The largest absolute Gasteiger partial charge is 0.326 e. The Morgan fingerprint density at radius 2 is 1.67 bits per heavy atom. The van der Waals surface area contributed by atoms with Crippen molar-refractivity contribution in [2.24, 2.45) is 4.99 Å². The van der Waals surface area contributed by atoms with Crippen molar-refractivity contribution >= 4 is 29.7 Å². The number of para-hydroxylation sites is 2. The monoisotopic (exact) mass is 259 g/mol. The fraction of sp³-hybridized carbons (Fsp3) is 0.0714. The zero-order chi connectivity index (χ0) is 11.5. The lowest BCUT2D eigenvalue weighted by Gasteiger charge is -2.19. The van der Waals surface area contributed by atoms with Gasteiger partial charge in [0, 0.05) is 11.4 Å². The van der Waals surface area contributed by atoms with Crippen LogP contribution in [0.4, 0.5) is 11.4 Å². The molecule has 0 atom stereocenters. The SMILES string of the molecule is Cl.c1ccc(NC2=NCc3ccccc3N2)cc1. The van der Waals surface area contributed by atoms with Gasteiger partial charge in [-0.05, 0) is 23.8 Å². The first-order valence-corrected chi connectivity index (χ1v) is 5.63. The molecule has 0 aliphatic carbocycles. The molecule has 0 spiro atoms. The number of nitrogens with zero attached hydrogens (tertiary/aromatic N) is 1. The van der Waals surface area contributed by atoms with Crippen LogP contribution in [0.1, 0.15) is 5.56 Å². The Kier molecular flexibility index (Phi) is 3.85. The fourth-order valence-corrected chi connectivity index (χ4v) is 1.84. The highest BCUT2D eigenvalue weighted by atomic mass is 35.5. The molecule has 0 saturated carbocycles. The van der Waals surface area contributed by atoms with E-state index >= 15 is 0 Å². The lowest BCUT2D eigenvalue weighted by molar-refractivity contribution is 1.04. The van der Waals surface area contributed by atoms with Crippen molar-refractivity contribution < 1.29 is 0 Å². The number of benzene rings is 2. The van der Waals surface area contributed by atoms with E-state index in [2.05, 4.69) is 27.8 Å². The highest BCUT2D eigenvalue weighted by Crippen LogP contribution is 2.20. The van der Waals surface area contributed by atoms with E-state index in [9.17, 15) is 0 Å². The molecular formula is C14H14ClN3. The van der Waals surface area contributed by atoms with Crippen molar-refractivity contribution in [3.8, 4) is 0 Å². The fourth-order valence-electron chi connectivity index (χ4n) is 1.84. The first-order valence-electron chi connectivity index (χ1n) is 5.63. The molecule has 0 unspecified atom stereocenters. The lowest BCUT2D eigenvalue weighted by atomic mass is 10.1. The third kappa shape index (κ3) is 2.63. The van der Waals surface area contributed by atoms with Gasteiger partial charge in [0.1, 0.15) is 0 Å². The van der Waals surface area contributed by atoms with E-state index in [4.69, 9.17) is 0 Å². The minimum Gasteiger partial charge on any atom is -0.326 e. The summed E-state index contributed by atoms with van der Waals surface area (Å²) >= 11 is 0. The maximum absolute atomic E-state index is 4.46. The Morgan fingerprint density at radius 3 is 2.50 bits per heavy atom. The van der Waals surface area contributed by atoms with Crippen LogP contribution in [0, 0.1) is 0 Å². The van der Waals surface area contributed by atoms with Crippen LogP contribution in [-0.2, 0) is 6.54 Å². The summed E-state index contributed by atoms with van der Waals surface area (Å²) in [6, 6.07) is 18.2. The Bertz CT molecular complexity index is 552. The van der Waals surface area contributed by atoms with Gasteiger partial charge < -0.3 is 10.6 Å². The molecule has 4 heteroatoms. The number of fused-ring (bicyclic) bond motifs is 1. The smallest absolute Gasteiger partial charge is 0.200 e. The van der Waals surface area contributed by atoms with Gasteiger partial charge in [-0.3, -0.25) is 0 Å². The molecule has 0 bridgehead atoms. The number of nitrogens with one attached hydrogen (secondary N) is 2. The molecule has 1 heterocycles. The minimum atomic E-state index is 0. The minimum absolute atomic E-state index is 0. The van der Waals surface area contributed by atoms with Crippen molar-refractivity contribution in [2.45, 2.75) is 6.54 Å². The summed E-state index contributed by atoms with van der Waals surface area (Å²) in [4.78, 5) is 4.46. The average Bonchev–Trinajstić information content (AvgIpc) is 2.40. The zero-order valence-corrected chi connectivity index (χ0v) is 10.6. The second-order valence-electron chi connectivity index (χ2n) is 3.94. The van der Waals surface area contributed by atoms with E-state index < -0.39 is 0 Å². The molecule has 2 aromatic carbocycles. The molecule has 1 aliphatic rings. The second-order valence-corrected chi connectivity index (χ2v) is 3.94. The maximum Gasteiger partial charge on any atom is 0.200 e. The quantitative estimate of drug-likeness (QED) is 0.822. The van der Waals surface area contributed by atoms with Crippen molar-refractivity contribution in [1.82, 2.24) is 0 Å². The van der Waals surface area contributed by atoms with Gasteiger partial charge in [0.05, 0.1) is 6.54 Å². The number of hydrogen-bond donors (Lipinski definition) is 2. The molecule has 92 valence electrons. The van der Waals surface area contributed by atoms with Gasteiger partial charge in [-0.1, -0.05) is 36.4 Å². The summed E-state index contributed by atoms with van der Waals surface area (Å²) in [6.07, 6.45) is 0. The third-order valence-corrected chi connectivity index (χ3v) is 2.71. The maximum atomic E-state index is 4.46. The van der Waals surface area contributed by atoms with Crippen molar-refractivity contribution in [2.75, 3.05) is 10.6 Å². The molecule has 0 saturated heterocycles. The predicted octanol–water partition coefficient (Wildman–Crippen LogP) is 3.50. The number of hydrogen-bond acceptors (Lipinski definition) is 3. The van der Waals surface area contributed by atoms with Crippen LogP contribution in [0.15, 0.2) is 59.6 Å². The summed E-state index contributed by atoms with van der Waals surface area (Å²) in [5, 5.41) is 6.54.